The molecule has 0 radical (unpaired) electrons. The second-order valence-corrected chi connectivity index (χ2v) is 9.97. The van der Waals surface area contributed by atoms with Gasteiger partial charge in [0, 0.05) is 18.8 Å². The number of carbonyl (C=O) groups excluding carboxylic acids is 1. The van der Waals surface area contributed by atoms with E-state index in [0.29, 0.717) is 67.3 Å². The number of nitrogens with zero attached hydrogens (tertiary/aromatic N) is 3. The lowest BCUT2D eigenvalue weighted by molar-refractivity contribution is -0.146. The standard InChI is InChI=1S/C28H39N3O7/c1-20(27(34)38-17-16-37-15-14-36-13-12-35-11-7-10-32)21-18-22(28(2,3)4)26(33)25(19-21)31-29-23-8-5-6-9-24(23)30-31/h5-6,8-9,18-20,32-33H,7,10-17H2,1-4H3. The number of aliphatic hydroxyl groups excluding tert-OH is 1. The van der Waals surface area contributed by atoms with E-state index in [2.05, 4.69) is 10.2 Å². The number of benzene rings is 2. The fourth-order valence-corrected chi connectivity index (χ4v) is 3.75. The smallest absolute Gasteiger partial charge is 0.313 e. The molecule has 0 amide bonds. The summed E-state index contributed by atoms with van der Waals surface area (Å²) in [7, 11) is 0. The number of esters is 1. The summed E-state index contributed by atoms with van der Waals surface area (Å²) >= 11 is 0. The van der Waals surface area contributed by atoms with Crippen LogP contribution in [0.1, 0.15) is 51.2 Å². The van der Waals surface area contributed by atoms with Gasteiger partial charge in [0.2, 0.25) is 0 Å². The number of phenols is 1. The van der Waals surface area contributed by atoms with Gasteiger partial charge >= 0.3 is 5.97 Å². The number of hydrogen-bond acceptors (Lipinski definition) is 9. The van der Waals surface area contributed by atoms with Gasteiger partial charge in [0.05, 0.1) is 39.0 Å². The number of aromatic hydroxyl groups is 1. The molecule has 10 heteroatoms. The molecule has 0 fully saturated rings. The molecule has 0 saturated carbocycles. The first kappa shape index (κ1) is 29.5. The average molecular weight is 530 g/mol. The van der Waals surface area contributed by atoms with Gasteiger partial charge in [0.1, 0.15) is 29.1 Å². The van der Waals surface area contributed by atoms with Gasteiger partial charge in [-0.1, -0.05) is 39.0 Å². The van der Waals surface area contributed by atoms with E-state index < -0.39 is 5.92 Å². The molecule has 0 spiro atoms. The molecular formula is C28H39N3O7. The highest BCUT2D eigenvalue weighted by atomic mass is 16.6. The number of rotatable bonds is 15. The molecule has 0 aliphatic heterocycles. The minimum Gasteiger partial charge on any atom is -0.505 e. The van der Waals surface area contributed by atoms with Crippen LogP contribution in [0.15, 0.2) is 36.4 Å². The summed E-state index contributed by atoms with van der Waals surface area (Å²) in [6.07, 6.45) is 0.616. The number of carbonyl (C=O) groups is 1. The molecule has 1 aromatic heterocycles. The molecule has 2 aromatic carbocycles. The van der Waals surface area contributed by atoms with Crippen molar-refractivity contribution in [3.63, 3.8) is 0 Å². The summed E-state index contributed by atoms with van der Waals surface area (Å²) in [5.41, 5.74) is 2.83. The predicted molar refractivity (Wildman–Crippen MR) is 143 cm³/mol. The lowest BCUT2D eigenvalue weighted by atomic mass is 9.83. The summed E-state index contributed by atoms with van der Waals surface area (Å²) < 4.78 is 21.6. The molecule has 0 aliphatic carbocycles. The quantitative estimate of drug-likeness (QED) is 0.225. The number of ether oxygens (including phenoxy) is 4. The molecular weight excluding hydrogens is 490 g/mol. The van der Waals surface area contributed by atoms with Crippen molar-refractivity contribution in [3.8, 4) is 11.4 Å². The highest BCUT2D eigenvalue weighted by Gasteiger charge is 2.26. The van der Waals surface area contributed by atoms with Crippen molar-refractivity contribution in [1.29, 1.82) is 0 Å². The Morgan fingerprint density at radius 3 is 2.03 bits per heavy atom. The number of aromatic nitrogens is 3. The lowest BCUT2D eigenvalue weighted by Gasteiger charge is -2.24. The Morgan fingerprint density at radius 2 is 1.47 bits per heavy atom. The van der Waals surface area contributed by atoms with Crippen molar-refractivity contribution in [2.75, 3.05) is 52.9 Å². The van der Waals surface area contributed by atoms with E-state index in [0.717, 1.165) is 0 Å². The Labute approximate surface area is 223 Å². The third-order valence-electron chi connectivity index (χ3n) is 5.94. The minimum absolute atomic E-state index is 0.0782. The lowest BCUT2D eigenvalue weighted by Crippen LogP contribution is -2.19. The molecule has 0 saturated heterocycles. The molecule has 1 heterocycles. The van der Waals surface area contributed by atoms with Gasteiger partial charge in [-0.25, -0.2) is 0 Å². The Kier molecular flexibility index (Phi) is 11.0. The van der Waals surface area contributed by atoms with Crippen LogP contribution in [0.3, 0.4) is 0 Å². The summed E-state index contributed by atoms with van der Waals surface area (Å²) in [4.78, 5) is 14.2. The summed E-state index contributed by atoms with van der Waals surface area (Å²) in [5.74, 6) is -0.885. The monoisotopic (exact) mass is 529 g/mol. The maximum Gasteiger partial charge on any atom is 0.313 e. The van der Waals surface area contributed by atoms with Crippen molar-refractivity contribution >= 4 is 17.0 Å². The fraction of sp³-hybridized carbons (Fsp3) is 0.536. The zero-order chi connectivity index (χ0) is 27.5. The first-order chi connectivity index (χ1) is 18.2. The van der Waals surface area contributed by atoms with Crippen LogP contribution in [0.5, 0.6) is 5.75 Å². The highest BCUT2D eigenvalue weighted by Crippen LogP contribution is 2.38. The largest absolute Gasteiger partial charge is 0.505 e. The normalized spacial score (nSPS) is 12.7. The molecule has 10 nitrogen and oxygen atoms in total. The summed E-state index contributed by atoms with van der Waals surface area (Å²) in [6, 6.07) is 11.0. The number of phenolic OH excluding ortho intramolecular Hbond substituents is 1. The van der Waals surface area contributed by atoms with Crippen molar-refractivity contribution in [1.82, 2.24) is 15.0 Å². The second-order valence-electron chi connectivity index (χ2n) is 9.97. The van der Waals surface area contributed by atoms with E-state index in [4.69, 9.17) is 24.1 Å². The molecule has 38 heavy (non-hydrogen) atoms. The maximum absolute atomic E-state index is 12.8. The van der Waals surface area contributed by atoms with E-state index in [9.17, 15) is 9.90 Å². The van der Waals surface area contributed by atoms with E-state index >= 15 is 0 Å². The zero-order valence-electron chi connectivity index (χ0n) is 22.7. The van der Waals surface area contributed by atoms with Crippen molar-refractivity contribution in [2.24, 2.45) is 0 Å². The first-order valence-corrected chi connectivity index (χ1v) is 12.9. The van der Waals surface area contributed by atoms with Crippen LogP contribution in [0.4, 0.5) is 0 Å². The van der Waals surface area contributed by atoms with Crippen LogP contribution in [-0.2, 0) is 29.2 Å². The molecule has 0 bridgehead atoms. The molecule has 2 N–H and O–H groups in total. The van der Waals surface area contributed by atoms with Crippen LogP contribution < -0.4 is 0 Å². The van der Waals surface area contributed by atoms with Crippen LogP contribution in [-0.4, -0.2) is 84.0 Å². The summed E-state index contributed by atoms with van der Waals surface area (Å²) in [6.45, 7) is 10.5. The van der Waals surface area contributed by atoms with E-state index in [1.54, 1.807) is 13.0 Å². The SMILES string of the molecule is CC(C(=O)OCCOCCOCCOCCCO)c1cc(-n2nc3ccccc3n2)c(O)c(C(C)(C)C)c1. The first-order valence-electron chi connectivity index (χ1n) is 12.9. The van der Waals surface area contributed by atoms with Gasteiger partial charge < -0.3 is 29.2 Å². The fourth-order valence-electron chi connectivity index (χ4n) is 3.75. The van der Waals surface area contributed by atoms with Crippen LogP contribution in [0, 0.1) is 0 Å². The third kappa shape index (κ3) is 8.22. The molecule has 0 aliphatic rings. The molecule has 208 valence electrons. The Bertz CT molecular complexity index is 1140. The van der Waals surface area contributed by atoms with Gasteiger partial charge in [0.25, 0.3) is 0 Å². The summed E-state index contributed by atoms with van der Waals surface area (Å²) in [5, 5.41) is 28.8. The maximum atomic E-state index is 12.8. The van der Waals surface area contributed by atoms with Crippen LogP contribution >= 0.6 is 0 Å². The molecule has 1 atom stereocenters. The number of fused-ring (bicyclic) bond motifs is 1. The predicted octanol–water partition coefficient (Wildman–Crippen LogP) is 3.50. The van der Waals surface area contributed by atoms with E-state index in [1.165, 1.54) is 4.80 Å². The molecule has 3 rings (SSSR count). The molecule has 3 aromatic rings. The Morgan fingerprint density at radius 1 is 0.921 bits per heavy atom. The number of hydrogen-bond donors (Lipinski definition) is 2. The van der Waals surface area contributed by atoms with Crippen LogP contribution in [0.25, 0.3) is 16.7 Å². The van der Waals surface area contributed by atoms with Gasteiger partial charge in [0.15, 0.2) is 0 Å². The third-order valence-corrected chi connectivity index (χ3v) is 5.94. The number of aliphatic hydroxyl groups is 1. The van der Waals surface area contributed by atoms with E-state index in [-0.39, 0.29) is 37.0 Å². The topological polar surface area (TPSA) is 125 Å². The van der Waals surface area contributed by atoms with Crippen molar-refractivity contribution in [3.05, 3.63) is 47.5 Å². The average Bonchev–Trinajstić information content (AvgIpc) is 3.32. The Hall–Kier alpha value is -3.05. The van der Waals surface area contributed by atoms with Crippen molar-refractivity contribution < 1.29 is 34.0 Å². The van der Waals surface area contributed by atoms with Gasteiger partial charge in [-0.05, 0) is 42.5 Å². The molecule has 1 unspecified atom stereocenters. The van der Waals surface area contributed by atoms with Crippen molar-refractivity contribution in [2.45, 2.75) is 45.4 Å². The second kappa shape index (κ2) is 14.2. The van der Waals surface area contributed by atoms with Gasteiger partial charge in [-0.15, -0.1) is 15.0 Å². The van der Waals surface area contributed by atoms with E-state index in [1.807, 2.05) is 51.1 Å². The van der Waals surface area contributed by atoms with Crippen LogP contribution in [0.2, 0.25) is 0 Å². The zero-order valence-corrected chi connectivity index (χ0v) is 22.7. The van der Waals surface area contributed by atoms with Gasteiger partial charge in [-0.3, -0.25) is 4.79 Å². The Balaban J connectivity index is 1.56. The van der Waals surface area contributed by atoms with Gasteiger partial charge in [-0.2, -0.15) is 0 Å². The minimum atomic E-state index is -0.574. The highest BCUT2D eigenvalue weighted by molar-refractivity contribution is 5.79.